The lowest BCUT2D eigenvalue weighted by Crippen LogP contribution is -2.21. The molecule has 21 heavy (non-hydrogen) atoms. The minimum absolute atomic E-state index is 0.273. The Bertz CT molecular complexity index is 572. The average Bonchev–Trinajstić information content (AvgIpc) is 2.90. The van der Waals surface area contributed by atoms with Crippen LogP contribution in [0.25, 0.3) is 6.08 Å². The lowest BCUT2D eigenvalue weighted by molar-refractivity contribution is -0.156. The van der Waals surface area contributed by atoms with E-state index in [1.807, 2.05) is 0 Å². The van der Waals surface area contributed by atoms with Crippen LogP contribution in [0, 0.1) is 0 Å². The van der Waals surface area contributed by atoms with Gasteiger partial charge in [0.25, 0.3) is 0 Å². The van der Waals surface area contributed by atoms with Crippen molar-refractivity contribution in [2.45, 2.75) is 12.5 Å². The molecule has 2 rings (SSSR count). The third-order valence-electron chi connectivity index (χ3n) is 2.89. The zero-order chi connectivity index (χ0) is 15.2. The summed E-state index contributed by atoms with van der Waals surface area (Å²) < 4.78 is 14.2. The van der Waals surface area contributed by atoms with E-state index < -0.39 is 24.0 Å². The second-order valence-electron chi connectivity index (χ2n) is 4.33. The minimum Gasteiger partial charge on any atom is -0.465 e. The van der Waals surface area contributed by atoms with E-state index in [0.717, 1.165) is 0 Å². The maximum Gasteiger partial charge on any atom is 0.347 e. The smallest absolute Gasteiger partial charge is 0.347 e. The summed E-state index contributed by atoms with van der Waals surface area (Å²) in [5.74, 6) is -1.56. The molecule has 0 aromatic heterocycles. The molecule has 1 aromatic carbocycles. The van der Waals surface area contributed by atoms with E-state index in [-0.39, 0.29) is 6.61 Å². The van der Waals surface area contributed by atoms with E-state index in [1.54, 1.807) is 24.3 Å². The number of rotatable bonds is 4. The molecule has 110 valence electrons. The van der Waals surface area contributed by atoms with E-state index in [0.29, 0.717) is 17.5 Å². The number of hydrogen-bond donors (Lipinski definition) is 0. The quantitative estimate of drug-likeness (QED) is 0.473. The van der Waals surface area contributed by atoms with Crippen molar-refractivity contribution in [1.82, 2.24) is 0 Å². The van der Waals surface area contributed by atoms with Crippen molar-refractivity contribution in [3.05, 3.63) is 41.5 Å². The Labute approximate surface area is 121 Å². The highest BCUT2D eigenvalue weighted by atomic mass is 16.6. The van der Waals surface area contributed by atoms with E-state index >= 15 is 0 Å². The highest BCUT2D eigenvalue weighted by molar-refractivity contribution is 5.91. The van der Waals surface area contributed by atoms with Gasteiger partial charge in [-0.15, -0.1) is 0 Å². The second kappa shape index (κ2) is 6.69. The molecule has 0 N–H and O–H groups in total. The third-order valence-corrected chi connectivity index (χ3v) is 2.89. The molecular formula is C15H14O6. The van der Waals surface area contributed by atoms with E-state index in [9.17, 15) is 14.4 Å². The van der Waals surface area contributed by atoms with Crippen LogP contribution < -0.4 is 0 Å². The van der Waals surface area contributed by atoms with Gasteiger partial charge in [0.15, 0.2) is 0 Å². The SMILES string of the molecule is COC(=O)c1ccc(/C=C/C(=O)O[C@H]2CCOC2=O)cc1. The van der Waals surface area contributed by atoms with Crippen molar-refractivity contribution in [3.63, 3.8) is 0 Å². The molecule has 1 fully saturated rings. The van der Waals surface area contributed by atoms with Crippen LogP contribution in [0.2, 0.25) is 0 Å². The van der Waals surface area contributed by atoms with Gasteiger partial charge in [0.1, 0.15) is 0 Å². The van der Waals surface area contributed by atoms with Crippen LogP contribution in [0.15, 0.2) is 30.3 Å². The van der Waals surface area contributed by atoms with E-state index in [1.165, 1.54) is 19.3 Å². The molecule has 1 heterocycles. The summed E-state index contributed by atoms with van der Waals surface area (Å²) in [6.45, 7) is 0.273. The Morgan fingerprint density at radius 2 is 2.00 bits per heavy atom. The zero-order valence-electron chi connectivity index (χ0n) is 11.4. The molecule has 1 aromatic rings. The predicted molar refractivity (Wildman–Crippen MR) is 72.3 cm³/mol. The predicted octanol–water partition coefficient (Wildman–Crippen LogP) is 1.35. The van der Waals surface area contributed by atoms with Crippen LogP contribution in [0.5, 0.6) is 0 Å². The Morgan fingerprint density at radius 1 is 1.29 bits per heavy atom. The largest absolute Gasteiger partial charge is 0.465 e. The molecule has 1 aliphatic rings. The summed E-state index contributed by atoms with van der Waals surface area (Å²) in [6.07, 6.45) is 2.32. The first-order valence-corrected chi connectivity index (χ1v) is 6.34. The molecule has 6 heteroatoms. The van der Waals surface area contributed by atoms with Gasteiger partial charge in [0.05, 0.1) is 19.3 Å². The minimum atomic E-state index is -0.816. The fraction of sp³-hybridized carbons (Fsp3) is 0.267. The average molecular weight is 290 g/mol. The topological polar surface area (TPSA) is 78.9 Å². The maximum atomic E-state index is 11.5. The van der Waals surface area contributed by atoms with Gasteiger partial charge >= 0.3 is 17.9 Å². The summed E-state index contributed by atoms with van der Waals surface area (Å²) in [6, 6.07) is 6.51. The highest BCUT2D eigenvalue weighted by Crippen LogP contribution is 2.11. The summed E-state index contributed by atoms with van der Waals surface area (Å²) in [7, 11) is 1.31. The Balaban J connectivity index is 1.92. The number of methoxy groups -OCH3 is 1. The first-order valence-electron chi connectivity index (χ1n) is 6.34. The Hall–Kier alpha value is -2.63. The van der Waals surface area contributed by atoms with Crippen LogP contribution in [0.4, 0.5) is 0 Å². The first kappa shape index (κ1) is 14.8. The van der Waals surface area contributed by atoms with Crippen LogP contribution in [-0.4, -0.2) is 37.7 Å². The Morgan fingerprint density at radius 3 is 2.57 bits per heavy atom. The van der Waals surface area contributed by atoms with Crippen molar-refractivity contribution in [2.75, 3.05) is 13.7 Å². The molecule has 0 spiro atoms. The van der Waals surface area contributed by atoms with Gasteiger partial charge in [-0.2, -0.15) is 0 Å². The van der Waals surface area contributed by atoms with Crippen molar-refractivity contribution in [1.29, 1.82) is 0 Å². The van der Waals surface area contributed by atoms with E-state index in [2.05, 4.69) is 4.74 Å². The standard InChI is InChI=1S/C15H14O6/c1-19-14(17)11-5-2-10(3-6-11)4-7-13(16)21-12-8-9-20-15(12)18/h2-7,12H,8-9H2,1H3/b7-4+/t12-/m0/s1. The molecule has 6 nitrogen and oxygen atoms in total. The van der Waals surface area contributed by atoms with Crippen molar-refractivity contribution < 1.29 is 28.6 Å². The van der Waals surface area contributed by atoms with Crippen molar-refractivity contribution >= 4 is 24.0 Å². The Kier molecular flexibility index (Phi) is 4.71. The molecular weight excluding hydrogens is 276 g/mol. The number of carbonyl (C=O) groups is 3. The summed E-state index contributed by atoms with van der Waals surface area (Å²) in [4.78, 5) is 34.0. The van der Waals surface area contributed by atoms with Gasteiger partial charge < -0.3 is 14.2 Å². The van der Waals surface area contributed by atoms with E-state index in [4.69, 9.17) is 9.47 Å². The summed E-state index contributed by atoms with van der Waals surface area (Å²) in [5, 5.41) is 0. The molecule has 0 radical (unpaired) electrons. The fourth-order valence-corrected chi connectivity index (χ4v) is 1.78. The van der Waals surface area contributed by atoms with Gasteiger partial charge in [-0.05, 0) is 23.8 Å². The van der Waals surface area contributed by atoms with Gasteiger partial charge in [-0.3, -0.25) is 0 Å². The van der Waals surface area contributed by atoms with Crippen molar-refractivity contribution in [3.8, 4) is 0 Å². The monoisotopic (exact) mass is 290 g/mol. The van der Waals surface area contributed by atoms with Crippen LogP contribution >= 0.6 is 0 Å². The molecule has 0 bridgehead atoms. The molecule has 1 aliphatic heterocycles. The number of benzene rings is 1. The van der Waals surface area contributed by atoms with Gasteiger partial charge in [-0.25, -0.2) is 14.4 Å². The number of carbonyl (C=O) groups excluding carboxylic acids is 3. The van der Waals surface area contributed by atoms with Gasteiger partial charge in [0.2, 0.25) is 6.10 Å². The molecule has 1 saturated heterocycles. The fourth-order valence-electron chi connectivity index (χ4n) is 1.78. The molecule has 0 amide bonds. The first-order chi connectivity index (χ1) is 10.1. The van der Waals surface area contributed by atoms with Gasteiger partial charge in [0, 0.05) is 12.5 Å². The second-order valence-corrected chi connectivity index (χ2v) is 4.33. The van der Waals surface area contributed by atoms with Crippen LogP contribution in [0.3, 0.4) is 0 Å². The molecule has 0 unspecified atom stereocenters. The molecule has 0 saturated carbocycles. The number of ether oxygens (including phenoxy) is 3. The number of esters is 3. The highest BCUT2D eigenvalue weighted by Gasteiger charge is 2.29. The third kappa shape index (κ3) is 3.92. The van der Waals surface area contributed by atoms with Gasteiger partial charge in [-0.1, -0.05) is 12.1 Å². The van der Waals surface area contributed by atoms with Crippen LogP contribution in [0.1, 0.15) is 22.3 Å². The summed E-state index contributed by atoms with van der Waals surface area (Å²) in [5.41, 5.74) is 1.14. The molecule has 0 aliphatic carbocycles. The normalized spacial score (nSPS) is 17.6. The number of hydrogen-bond acceptors (Lipinski definition) is 6. The number of cyclic esters (lactones) is 1. The maximum absolute atomic E-state index is 11.5. The lowest BCUT2D eigenvalue weighted by atomic mass is 10.1. The van der Waals surface area contributed by atoms with Crippen molar-refractivity contribution in [2.24, 2.45) is 0 Å². The molecule has 1 atom stereocenters. The zero-order valence-corrected chi connectivity index (χ0v) is 11.4. The van der Waals surface area contributed by atoms with Crippen LogP contribution in [-0.2, 0) is 23.8 Å². The lowest BCUT2D eigenvalue weighted by Gasteiger charge is -2.05. The summed E-state index contributed by atoms with van der Waals surface area (Å²) >= 11 is 0.